The number of nitrogens with zero attached hydrogens (tertiary/aromatic N) is 1. The number of carboxylic acid groups (broad SMARTS) is 1. The highest BCUT2D eigenvalue weighted by atomic mass is 32.1. The van der Waals surface area contributed by atoms with E-state index in [0.29, 0.717) is 16.5 Å². The van der Waals surface area contributed by atoms with Crippen molar-refractivity contribution < 1.29 is 19.5 Å². The molecule has 1 aliphatic carbocycles. The molecule has 2 aromatic carbocycles. The summed E-state index contributed by atoms with van der Waals surface area (Å²) in [7, 11) is 0. The lowest BCUT2D eigenvalue weighted by molar-refractivity contribution is -0.138. The van der Waals surface area contributed by atoms with E-state index in [4.69, 9.17) is 5.11 Å². The highest BCUT2D eigenvalue weighted by Gasteiger charge is 2.24. The van der Waals surface area contributed by atoms with Crippen LogP contribution in [0.4, 0.5) is 5.69 Å². The van der Waals surface area contributed by atoms with Gasteiger partial charge in [-0.15, -0.1) is 11.3 Å². The van der Waals surface area contributed by atoms with Gasteiger partial charge in [-0.05, 0) is 62.1 Å². The Balaban J connectivity index is 1.21. The maximum atomic E-state index is 12.6. The average Bonchev–Trinajstić information content (AvgIpc) is 3.27. The van der Waals surface area contributed by atoms with E-state index >= 15 is 0 Å². The normalized spacial score (nSPS) is 17.4. The Morgan fingerprint density at radius 1 is 1.00 bits per heavy atom. The zero-order valence-electron chi connectivity index (χ0n) is 20.3. The molecule has 0 atom stereocenters. The molecule has 1 saturated carbocycles. The van der Waals surface area contributed by atoms with Crippen molar-refractivity contribution in [2.45, 2.75) is 51.4 Å². The molecule has 36 heavy (non-hydrogen) atoms. The van der Waals surface area contributed by atoms with Crippen molar-refractivity contribution in [3.05, 3.63) is 70.7 Å². The summed E-state index contributed by atoms with van der Waals surface area (Å²) in [4.78, 5) is 41.0. The monoisotopic (exact) mass is 505 g/mol. The third-order valence-electron chi connectivity index (χ3n) is 6.64. The van der Waals surface area contributed by atoms with Gasteiger partial charge < -0.3 is 15.7 Å². The lowest BCUT2D eigenvalue weighted by atomic mass is 9.77. The first-order valence-electron chi connectivity index (χ1n) is 12.3. The Labute approximate surface area is 215 Å². The van der Waals surface area contributed by atoms with Crippen molar-refractivity contribution in [1.29, 1.82) is 0 Å². The maximum Gasteiger partial charge on any atom is 0.303 e. The van der Waals surface area contributed by atoms with Gasteiger partial charge in [0, 0.05) is 30.6 Å². The van der Waals surface area contributed by atoms with Crippen LogP contribution in [0.1, 0.15) is 65.4 Å². The van der Waals surface area contributed by atoms with Gasteiger partial charge >= 0.3 is 5.97 Å². The molecule has 1 heterocycles. The molecule has 4 rings (SSSR count). The SMILES string of the molecule is Cc1nc(-c2ccccc2)sc1C(=O)NCCC(=O)Nc1ccc(C2CCC(CC(=O)O)CC2)cc1. The van der Waals surface area contributed by atoms with Crippen molar-refractivity contribution in [2.75, 3.05) is 11.9 Å². The molecule has 8 heteroatoms. The van der Waals surface area contributed by atoms with Crippen LogP contribution in [-0.4, -0.2) is 34.4 Å². The molecule has 1 aliphatic rings. The van der Waals surface area contributed by atoms with Crippen LogP contribution < -0.4 is 10.6 Å². The van der Waals surface area contributed by atoms with E-state index in [9.17, 15) is 14.4 Å². The van der Waals surface area contributed by atoms with Gasteiger partial charge in [0.1, 0.15) is 9.88 Å². The number of aliphatic carboxylic acids is 1. The first-order chi connectivity index (χ1) is 17.4. The molecule has 1 fully saturated rings. The standard InChI is InChI=1S/C28H31N3O4S/c1-18-26(36-28(30-18)22-5-3-2-4-6-22)27(35)29-16-15-24(32)31-23-13-11-21(12-14-23)20-9-7-19(8-10-20)17-25(33)34/h2-6,11-14,19-20H,7-10,15-17H2,1H3,(H,29,35)(H,31,32)(H,33,34). The first kappa shape index (κ1) is 25.6. The van der Waals surface area contributed by atoms with E-state index in [1.54, 1.807) is 0 Å². The predicted octanol–water partition coefficient (Wildman–Crippen LogP) is 5.63. The maximum absolute atomic E-state index is 12.6. The predicted molar refractivity (Wildman–Crippen MR) is 141 cm³/mol. The Morgan fingerprint density at radius 3 is 2.36 bits per heavy atom. The largest absolute Gasteiger partial charge is 0.481 e. The Hall–Kier alpha value is -3.52. The summed E-state index contributed by atoms with van der Waals surface area (Å²) in [5.74, 6) is -0.379. The third kappa shape index (κ3) is 6.79. The molecule has 0 saturated heterocycles. The van der Waals surface area contributed by atoms with Gasteiger partial charge in [-0.1, -0.05) is 42.5 Å². The van der Waals surface area contributed by atoms with Crippen LogP contribution >= 0.6 is 11.3 Å². The van der Waals surface area contributed by atoms with Crippen LogP contribution in [0, 0.1) is 12.8 Å². The van der Waals surface area contributed by atoms with Crippen molar-refractivity contribution in [3.63, 3.8) is 0 Å². The van der Waals surface area contributed by atoms with Crippen LogP contribution in [0.3, 0.4) is 0 Å². The quantitative estimate of drug-likeness (QED) is 0.349. The summed E-state index contributed by atoms with van der Waals surface area (Å²) >= 11 is 1.35. The van der Waals surface area contributed by atoms with Crippen molar-refractivity contribution in [2.24, 2.45) is 5.92 Å². The van der Waals surface area contributed by atoms with Gasteiger partial charge in [-0.25, -0.2) is 4.98 Å². The number of carbonyl (C=O) groups is 3. The van der Waals surface area contributed by atoms with E-state index < -0.39 is 5.97 Å². The van der Waals surface area contributed by atoms with E-state index in [1.807, 2.05) is 61.5 Å². The van der Waals surface area contributed by atoms with Gasteiger partial charge in [-0.3, -0.25) is 14.4 Å². The van der Waals surface area contributed by atoms with E-state index in [0.717, 1.165) is 41.9 Å². The van der Waals surface area contributed by atoms with Crippen molar-refractivity contribution in [1.82, 2.24) is 10.3 Å². The van der Waals surface area contributed by atoms with Crippen molar-refractivity contribution >= 4 is 34.8 Å². The number of nitrogens with one attached hydrogen (secondary N) is 2. The minimum absolute atomic E-state index is 0.164. The third-order valence-corrected chi connectivity index (χ3v) is 7.84. The first-order valence-corrected chi connectivity index (χ1v) is 13.1. The van der Waals surface area contributed by atoms with Gasteiger partial charge in [0.05, 0.1) is 5.69 Å². The number of benzene rings is 2. The Bertz CT molecular complexity index is 1200. The van der Waals surface area contributed by atoms with Gasteiger partial charge in [-0.2, -0.15) is 0 Å². The molecule has 3 N–H and O–H groups in total. The number of aromatic nitrogens is 1. The van der Waals surface area contributed by atoms with E-state index in [1.165, 1.54) is 16.9 Å². The average molecular weight is 506 g/mol. The second kappa shape index (κ2) is 11.9. The van der Waals surface area contributed by atoms with Gasteiger partial charge in [0.2, 0.25) is 5.91 Å². The summed E-state index contributed by atoms with van der Waals surface area (Å²) < 4.78 is 0. The lowest BCUT2D eigenvalue weighted by Gasteiger charge is -2.28. The van der Waals surface area contributed by atoms with Gasteiger partial charge in [0.15, 0.2) is 0 Å². The molecule has 0 unspecified atom stereocenters. The number of carbonyl (C=O) groups excluding carboxylic acids is 2. The number of carboxylic acids is 1. The molecule has 0 radical (unpaired) electrons. The number of anilines is 1. The summed E-state index contributed by atoms with van der Waals surface area (Å²) in [6, 6.07) is 17.6. The second-order valence-electron chi connectivity index (χ2n) is 9.29. The molecule has 0 aliphatic heterocycles. The molecular formula is C28H31N3O4S. The number of amides is 2. The fraction of sp³-hybridized carbons (Fsp3) is 0.357. The molecular weight excluding hydrogens is 474 g/mol. The second-order valence-corrected chi connectivity index (χ2v) is 10.3. The molecule has 2 amide bonds. The fourth-order valence-corrected chi connectivity index (χ4v) is 5.68. The number of hydrogen-bond donors (Lipinski definition) is 3. The van der Waals surface area contributed by atoms with Crippen molar-refractivity contribution in [3.8, 4) is 10.6 Å². The summed E-state index contributed by atoms with van der Waals surface area (Å²) in [6.07, 6.45) is 4.30. The topological polar surface area (TPSA) is 108 Å². The minimum atomic E-state index is -0.714. The van der Waals surface area contributed by atoms with Crippen LogP contribution in [0.25, 0.3) is 10.6 Å². The summed E-state index contributed by atoms with van der Waals surface area (Å²) in [6.45, 7) is 2.05. The van der Waals surface area contributed by atoms with E-state index in [-0.39, 0.29) is 37.1 Å². The Morgan fingerprint density at radius 2 is 1.69 bits per heavy atom. The molecule has 3 aromatic rings. The highest BCUT2D eigenvalue weighted by Crippen LogP contribution is 2.37. The molecule has 1 aromatic heterocycles. The fourth-order valence-electron chi connectivity index (χ4n) is 4.69. The van der Waals surface area contributed by atoms with Crippen LogP contribution in [0.2, 0.25) is 0 Å². The van der Waals surface area contributed by atoms with Crippen LogP contribution in [0.15, 0.2) is 54.6 Å². The number of hydrogen-bond acceptors (Lipinski definition) is 5. The zero-order valence-corrected chi connectivity index (χ0v) is 21.1. The minimum Gasteiger partial charge on any atom is -0.481 e. The Kier molecular flexibility index (Phi) is 8.48. The number of rotatable bonds is 9. The summed E-state index contributed by atoms with van der Waals surface area (Å²) in [5.41, 5.74) is 3.60. The smallest absolute Gasteiger partial charge is 0.303 e. The molecule has 0 bridgehead atoms. The number of aryl methyl sites for hydroxylation is 1. The van der Waals surface area contributed by atoms with Gasteiger partial charge in [0.25, 0.3) is 5.91 Å². The summed E-state index contributed by atoms with van der Waals surface area (Å²) in [5, 5.41) is 15.5. The molecule has 7 nitrogen and oxygen atoms in total. The lowest BCUT2D eigenvalue weighted by Crippen LogP contribution is -2.27. The molecule has 188 valence electrons. The van der Waals surface area contributed by atoms with Crippen LogP contribution in [-0.2, 0) is 9.59 Å². The number of thiazole rings is 1. The van der Waals surface area contributed by atoms with E-state index in [2.05, 4.69) is 15.6 Å². The van der Waals surface area contributed by atoms with Crippen LogP contribution in [0.5, 0.6) is 0 Å². The molecule has 0 spiro atoms. The highest BCUT2D eigenvalue weighted by molar-refractivity contribution is 7.17. The zero-order chi connectivity index (χ0) is 25.5.